The summed E-state index contributed by atoms with van der Waals surface area (Å²) in [6.45, 7) is 1.06. The fourth-order valence-electron chi connectivity index (χ4n) is 2.33. The largest absolute Gasteiger partial charge is 0.352 e. The minimum absolute atomic E-state index is 0. The molecule has 0 saturated heterocycles. The molecular formula is C17H21IN4O2. The number of hydrogen-bond donors (Lipinski definition) is 1. The summed E-state index contributed by atoms with van der Waals surface area (Å²) in [5, 5.41) is 14.2. The summed E-state index contributed by atoms with van der Waals surface area (Å²) in [4.78, 5) is 16.9. The Morgan fingerprint density at radius 2 is 1.79 bits per heavy atom. The van der Waals surface area contributed by atoms with Crippen LogP contribution in [0.4, 0.5) is 5.69 Å². The minimum atomic E-state index is -0.368. The average Bonchev–Trinajstić information content (AvgIpc) is 2.56. The molecule has 2 rings (SSSR count). The molecule has 0 aliphatic rings. The molecule has 24 heavy (non-hydrogen) atoms. The molecule has 7 heteroatoms. The van der Waals surface area contributed by atoms with Gasteiger partial charge in [-0.25, -0.2) is 0 Å². The number of nitrogens with one attached hydrogen (secondary N) is 1. The van der Waals surface area contributed by atoms with E-state index in [1.807, 2.05) is 42.3 Å². The number of para-hydroxylation sites is 1. The Morgan fingerprint density at radius 1 is 1.17 bits per heavy atom. The second kappa shape index (κ2) is 9.86. The summed E-state index contributed by atoms with van der Waals surface area (Å²) in [7, 11) is 3.63. The molecule has 2 aromatic carbocycles. The quantitative estimate of drug-likeness (QED) is 0.254. The Balaban J connectivity index is 0.00000288. The van der Waals surface area contributed by atoms with E-state index in [9.17, 15) is 10.1 Å². The maximum atomic E-state index is 11.0. The third-order valence-electron chi connectivity index (χ3n) is 3.46. The first-order valence-corrected chi connectivity index (χ1v) is 7.30. The molecule has 0 aliphatic heterocycles. The van der Waals surface area contributed by atoms with Crippen molar-refractivity contribution in [3.05, 3.63) is 75.8 Å². The van der Waals surface area contributed by atoms with Crippen LogP contribution in [0.25, 0.3) is 0 Å². The molecular weight excluding hydrogens is 419 g/mol. The molecule has 0 aliphatic carbocycles. The van der Waals surface area contributed by atoms with Crippen LogP contribution in [-0.2, 0) is 13.1 Å². The van der Waals surface area contributed by atoms with Gasteiger partial charge in [0, 0.05) is 38.8 Å². The van der Waals surface area contributed by atoms with Crippen LogP contribution in [0, 0.1) is 10.1 Å². The minimum Gasteiger partial charge on any atom is -0.352 e. The van der Waals surface area contributed by atoms with Crippen molar-refractivity contribution in [1.82, 2.24) is 10.2 Å². The molecule has 6 nitrogen and oxygen atoms in total. The average molecular weight is 440 g/mol. The van der Waals surface area contributed by atoms with Crippen molar-refractivity contribution in [1.29, 1.82) is 0 Å². The zero-order valence-corrected chi connectivity index (χ0v) is 16.0. The van der Waals surface area contributed by atoms with E-state index in [-0.39, 0.29) is 34.6 Å². The van der Waals surface area contributed by atoms with E-state index < -0.39 is 0 Å². The Bertz CT molecular complexity index is 692. The third kappa shape index (κ3) is 5.48. The number of nitro groups is 1. The first-order chi connectivity index (χ1) is 11.1. The number of guanidine groups is 1. The van der Waals surface area contributed by atoms with E-state index >= 15 is 0 Å². The van der Waals surface area contributed by atoms with Gasteiger partial charge in [-0.15, -0.1) is 24.0 Å². The van der Waals surface area contributed by atoms with Gasteiger partial charge in [0.1, 0.15) is 0 Å². The lowest BCUT2D eigenvalue weighted by Crippen LogP contribution is -2.38. The fourth-order valence-corrected chi connectivity index (χ4v) is 2.33. The number of aliphatic imine (C=N–C) groups is 1. The molecule has 0 unspecified atom stereocenters. The lowest BCUT2D eigenvalue weighted by Gasteiger charge is -2.22. The number of benzene rings is 2. The lowest BCUT2D eigenvalue weighted by molar-refractivity contribution is -0.385. The standard InChI is InChI=1S/C17H20N4O2.HI/c1-18-17(20(2)13-14-8-4-3-5-9-14)19-12-15-10-6-7-11-16(15)21(22)23;/h3-11H,12-13H2,1-2H3,(H,18,19);1H. The van der Waals surface area contributed by atoms with Crippen LogP contribution in [0.2, 0.25) is 0 Å². The van der Waals surface area contributed by atoms with Crippen LogP contribution in [0.15, 0.2) is 59.6 Å². The number of nitrogens with zero attached hydrogens (tertiary/aromatic N) is 3. The molecule has 0 saturated carbocycles. The van der Waals surface area contributed by atoms with Gasteiger partial charge in [-0.1, -0.05) is 48.5 Å². The summed E-state index contributed by atoms with van der Waals surface area (Å²) in [5.41, 5.74) is 1.91. The summed E-state index contributed by atoms with van der Waals surface area (Å²) in [5.74, 6) is 0.687. The molecule has 0 amide bonds. The molecule has 0 bridgehead atoms. The molecule has 1 N–H and O–H groups in total. The molecule has 0 aromatic heterocycles. The van der Waals surface area contributed by atoms with Crippen molar-refractivity contribution >= 4 is 35.6 Å². The van der Waals surface area contributed by atoms with Crippen LogP contribution >= 0.6 is 24.0 Å². The molecule has 0 fully saturated rings. The first kappa shape index (κ1) is 19.9. The van der Waals surface area contributed by atoms with Crippen LogP contribution < -0.4 is 5.32 Å². The van der Waals surface area contributed by atoms with Crippen molar-refractivity contribution in [2.45, 2.75) is 13.1 Å². The van der Waals surface area contributed by atoms with Crippen LogP contribution in [0.5, 0.6) is 0 Å². The highest BCUT2D eigenvalue weighted by atomic mass is 127. The van der Waals surface area contributed by atoms with Gasteiger partial charge in [0.05, 0.1) is 4.92 Å². The zero-order valence-electron chi connectivity index (χ0n) is 13.7. The van der Waals surface area contributed by atoms with Gasteiger partial charge in [0.2, 0.25) is 0 Å². The first-order valence-electron chi connectivity index (χ1n) is 7.30. The zero-order chi connectivity index (χ0) is 16.7. The van der Waals surface area contributed by atoms with E-state index in [0.29, 0.717) is 24.6 Å². The predicted molar refractivity (Wildman–Crippen MR) is 107 cm³/mol. The van der Waals surface area contributed by atoms with Gasteiger partial charge in [0.15, 0.2) is 5.96 Å². The van der Waals surface area contributed by atoms with E-state index in [1.165, 1.54) is 11.6 Å². The number of nitro benzene ring substituents is 1. The van der Waals surface area contributed by atoms with Crippen LogP contribution in [0.3, 0.4) is 0 Å². The molecule has 0 heterocycles. The Kier molecular flexibility index (Phi) is 8.17. The highest BCUT2D eigenvalue weighted by molar-refractivity contribution is 14.0. The summed E-state index contributed by atoms with van der Waals surface area (Å²) >= 11 is 0. The monoisotopic (exact) mass is 440 g/mol. The summed E-state index contributed by atoms with van der Waals surface area (Å²) < 4.78 is 0. The van der Waals surface area contributed by atoms with E-state index in [1.54, 1.807) is 25.2 Å². The molecule has 128 valence electrons. The fraction of sp³-hybridized carbons (Fsp3) is 0.235. The summed E-state index contributed by atoms with van der Waals surface area (Å²) in [6, 6.07) is 16.8. The van der Waals surface area contributed by atoms with Gasteiger partial charge in [-0.05, 0) is 5.56 Å². The summed E-state index contributed by atoms with van der Waals surface area (Å²) in [6.07, 6.45) is 0. The molecule has 0 spiro atoms. The normalized spacial score (nSPS) is 10.7. The van der Waals surface area contributed by atoms with Gasteiger partial charge in [-0.3, -0.25) is 15.1 Å². The maximum absolute atomic E-state index is 11.0. The Hall–Kier alpha value is -2.16. The molecule has 0 radical (unpaired) electrons. The Labute approximate surface area is 158 Å². The van der Waals surface area contributed by atoms with Gasteiger partial charge in [-0.2, -0.15) is 0 Å². The van der Waals surface area contributed by atoms with Crippen LogP contribution in [-0.4, -0.2) is 29.9 Å². The predicted octanol–water partition coefficient (Wildman–Crippen LogP) is 3.42. The van der Waals surface area contributed by atoms with E-state index in [4.69, 9.17) is 0 Å². The molecule has 0 atom stereocenters. The van der Waals surface area contributed by atoms with Gasteiger partial charge < -0.3 is 10.2 Å². The van der Waals surface area contributed by atoms with Crippen LogP contribution in [0.1, 0.15) is 11.1 Å². The van der Waals surface area contributed by atoms with Crippen molar-refractivity contribution in [2.75, 3.05) is 14.1 Å². The number of rotatable bonds is 5. The molecule has 2 aromatic rings. The van der Waals surface area contributed by atoms with Crippen molar-refractivity contribution in [2.24, 2.45) is 4.99 Å². The van der Waals surface area contributed by atoms with Crippen molar-refractivity contribution < 1.29 is 4.92 Å². The van der Waals surface area contributed by atoms with E-state index in [0.717, 1.165) is 0 Å². The van der Waals surface area contributed by atoms with Gasteiger partial charge >= 0.3 is 0 Å². The van der Waals surface area contributed by atoms with Crippen molar-refractivity contribution in [3.63, 3.8) is 0 Å². The highest BCUT2D eigenvalue weighted by Gasteiger charge is 2.13. The lowest BCUT2D eigenvalue weighted by atomic mass is 10.2. The van der Waals surface area contributed by atoms with Gasteiger partial charge in [0.25, 0.3) is 5.69 Å². The topological polar surface area (TPSA) is 70.8 Å². The maximum Gasteiger partial charge on any atom is 0.274 e. The number of hydrogen-bond acceptors (Lipinski definition) is 3. The smallest absolute Gasteiger partial charge is 0.274 e. The SMILES string of the molecule is CN=C(NCc1ccccc1[N+](=O)[O-])N(C)Cc1ccccc1.I. The second-order valence-electron chi connectivity index (χ2n) is 5.13. The second-order valence-corrected chi connectivity index (χ2v) is 5.13. The number of halogens is 1. The van der Waals surface area contributed by atoms with E-state index in [2.05, 4.69) is 10.3 Å². The Morgan fingerprint density at radius 3 is 2.42 bits per heavy atom. The highest BCUT2D eigenvalue weighted by Crippen LogP contribution is 2.17. The van der Waals surface area contributed by atoms with Crippen molar-refractivity contribution in [3.8, 4) is 0 Å². The third-order valence-corrected chi connectivity index (χ3v) is 3.46.